The van der Waals surface area contributed by atoms with E-state index in [1.165, 1.54) is 13.1 Å². The molecule has 0 aliphatic heterocycles. The first-order valence-corrected chi connectivity index (χ1v) is 5.35. The number of carbonyl (C=O) groups is 1. The predicted molar refractivity (Wildman–Crippen MR) is 60.8 cm³/mol. The minimum absolute atomic E-state index is 0.00131. The molecule has 0 saturated carbocycles. The molecule has 1 rings (SSSR count). The number of pyridine rings is 1. The summed E-state index contributed by atoms with van der Waals surface area (Å²) >= 11 is 0. The molecule has 0 amide bonds. The molecule has 1 unspecified atom stereocenters. The highest BCUT2D eigenvalue weighted by Crippen LogP contribution is 2.10. The van der Waals surface area contributed by atoms with Gasteiger partial charge in [0.25, 0.3) is 0 Å². The molecule has 1 atom stereocenters. The third kappa shape index (κ3) is 3.98. The Bertz CT molecular complexity index is 335. The van der Waals surface area contributed by atoms with Crippen LogP contribution in [0.5, 0.6) is 5.88 Å². The molecule has 0 N–H and O–H groups in total. The van der Waals surface area contributed by atoms with Crippen molar-refractivity contribution in [2.75, 3.05) is 13.2 Å². The number of nitrogens with zero attached hydrogens (tertiary/aromatic N) is 1. The molecule has 0 saturated heterocycles. The van der Waals surface area contributed by atoms with Gasteiger partial charge in [-0.1, -0.05) is 0 Å². The van der Waals surface area contributed by atoms with E-state index in [1.807, 2.05) is 13.8 Å². The van der Waals surface area contributed by atoms with E-state index in [4.69, 9.17) is 9.47 Å². The number of ether oxygens (including phenoxy) is 2. The summed E-state index contributed by atoms with van der Waals surface area (Å²) in [5.74, 6) is 0.513. The fourth-order valence-corrected chi connectivity index (χ4v) is 1.18. The largest absolute Gasteiger partial charge is 0.472 e. The van der Waals surface area contributed by atoms with E-state index in [0.29, 0.717) is 24.7 Å². The van der Waals surface area contributed by atoms with Crippen molar-refractivity contribution >= 4 is 5.78 Å². The predicted octanol–water partition coefficient (Wildman–Crippen LogP) is 2.09. The third-order valence-corrected chi connectivity index (χ3v) is 2.02. The van der Waals surface area contributed by atoms with E-state index >= 15 is 0 Å². The Morgan fingerprint density at radius 1 is 1.50 bits per heavy atom. The summed E-state index contributed by atoms with van der Waals surface area (Å²) in [5.41, 5.74) is 0.588. The molecule has 0 aliphatic carbocycles. The lowest BCUT2D eigenvalue weighted by atomic mass is 10.2. The Hall–Kier alpha value is -1.42. The maximum Gasteiger partial charge on any atom is 0.213 e. The Morgan fingerprint density at radius 2 is 2.25 bits per heavy atom. The molecule has 88 valence electrons. The highest BCUT2D eigenvalue weighted by molar-refractivity contribution is 5.93. The van der Waals surface area contributed by atoms with Crippen LogP contribution in [0.4, 0.5) is 0 Å². The fourth-order valence-electron chi connectivity index (χ4n) is 1.18. The summed E-state index contributed by atoms with van der Waals surface area (Å²) in [6.07, 6.45) is 1.47. The zero-order chi connectivity index (χ0) is 12.0. The van der Waals surface area contributed by atoms with Crippen molar-refractivity contribution in [1.82, 2.24) is 4.98 Å². The smallest absolute Gasteiger partial charge is 0.213 e. The lowest BCUT2D eigenvalue weighted by molar-refractivity contribution is 0.0633. The Labute approximate surface area is 95.6 Å². The molecular weight excluding hydrogens is 206 g/mol. The number of rotatable bonds is 6. The molecule has 0 bridgehead atoms. The van der Waals surface area contributed by atoms with Gasteiger partial charge in [-0.2, -0.15) is 0 Å². The van der Waals surface area contributed by atoms with Gasteiger partial charge in [0, 0.05) is 24.4 Å². The van der Waals surface area contributed by atoms with Crippen LogP contribution in [0.25, 0.3) is 0 Å². The Balaban J connectivity index is 2.51. The first-order chi connectivity index (χ1) is 7.63. The van der Waals surface area contributed by atoms with Crippen molar-refractivity contribution in [3.05, 3.63) is 23.9 Å². The van der Waals surface area contributed by atoms with Gasteiger partial charge < -0.3 is 9.47 Å². The highest BCUT2D eigenvalue weighted by Gasteiger charge is 2.05. The number of Topliss-reactive ketones (excluding diaryl/α,β-unsaturated/α-hetero) is 1. The number of carbonyl (C=O) groups excluding carboxylic acids is 1. The van der Waals surface area contributed by atoms with E-state index in [-0.39, 0.29) is 11.9 Å². The van der Waals surface area contributed by atoms with Crippen molar-refractivity contribution in [3.63, 3.8) is 0 Å². The first kappa shape index (κ1) is 12.6. The van der Waals surface area contributed by atoms with Crippen LogP contribution in [0, 0.1) is 0 Å². The minimum atomic E-state index is -0.0457. The zero-order valence-corrected chi connectivity index (χ0v) is 9.90. The van der Waals surface area contributed by atoms with Gasteiger partial charge in [-0.25, -0.2) is 4.98 Å². The summed E-state index contributed by atoms with van der Waals surface area (Å²) in [6, 6.07) is 3.40. The average Bonchev–Trinajstić information content (AvgIpc) is 2.27. The van der Waals surface area contributed by atoms with Gasteiger partial charge in [0.1, 0.15) is 6.10 Å². The van der Waals surface area contributed by atoms with Crippen molar-refractivity contribution in [1.29, 1.82) is 0 Å². The monoisotopic (exact) mass is 223 g/mol. The van der Waals surface area contributed by atoms with E-state index < -0.39 is 0 Å². The van der Waals surface area contributed by atoms with Crippen LogP contribution in [0.3, 0.4) is 0 Å². The molecule has 4 heteroatoms. The highest BCUT2D eigenvalue weighted by atomic mass is 16.5. The standard InChI is InChI=1S/C12H17NO3/c1-4-15-8-9(2)16-12-6-5-11(7-13-12)10(3)14/h5-7,9H,4,8H2,1-3H3. The van der Waals surface area contributed by atoms with E-state index in [0.717, 1.165) is 0 Å². The van der Waals surface area contributed by atoms with Crippen molar-refractivity contribution in [3.8, 4) is 5.88 Å². The van der Waals surface area contributed by atoms with Gasteiger partial charge >= 0.3 is 0 Å². The van der Waals surface area contributed by atoms with Gasteiger partial charge in [0.05, 0.1) is 6.61 Å². The van der Waals surface area contributed by atoms with Gasteiger partial charge in [-0.3, -0.25) is 4.79 Å². The minimum Gasteiger partial charge on any atom is -0.472 e. The lowest BCUT2D eigenvalue weighted by Gasteiger charge is -2.13. The molecule has 1 aromatic heterocycles. The fraction of sp³-hybridized carbons (Fsp3) is 0.500. The molecule has 16 heavy (non-hydrogen) atoms. The topological polar surface area (TPSA) is 48.4 Å². The summed E-state index contributed by atoms with van der Waals surface area (Å²) in [6.45, 7) is 6.56. The summed E-state index contributed by atoms with van der Waals surface area (Å²) in [4.78, 5) is 15.1. The molecular formula is C12H17NO3. The van der Waals surface area contributed by atoms with Crippen LogP contribution >= 0.6 is 0 Å². The summed E-state index contributed by atoms with van der Waals surface area (Å²) < 4.78 is 10.7. The van der Waals surface area contributed by atoms with Crippen molar-refractivity contribution in [2.45, 2.75) is 26.9 Å². The molecule has 1 heterocycles. The van der Waals surface area contributed by atoms with Crippen LogP contribution in [-0.2, 0) is 4.74 Å². The van der Waals surface area contributed by atoms with Crippen LogP contribution < -0.4 is 4.74 Å². The molecule has 0 aliphatic rings. The van der Waals surface area contributed by atoms with Crippen molar-refractivity contribution < 1.29 is 14.3 Å². The van der Waals surface area contributed by atoms with E-state index in [2.05, 4.69) is 4.98 Å². The maximum absolute atomic E-state index is 11.0. The average molecular weight is 223 g/mol. The lowest BCUT2D eigenvalue weighted by Crippen LogP contribution is -2.19. The van der Waals surface area contributed by atoms with Crippen LogP contribution in [-0.4, -0.2) is 30.1 Å². The van der Waals surface area contributed by atoms with Gasteiger partial charge in [0.15, 0.2) is 5.78 Å². The second-order valence-corrected chi connectivity index (χ2v) is 3.53. The molecule has 0 radical (unpaired) electrons. The second-order valence-electron chi connectivity index (χ2n) is 3.53. The summed E-state index contributed by atoms with van der Waals surface area (Å²) in [7, 11) is 0. The second kappa shape index (κ2) is 6.23. The van der Waals surface area contributed by atoms with Crippen LogP contribution in [0.2, 0.25) is 0 Å². The third-order valence-electron chi connectivity index (χ3n) is 2.02. The Kier molecular flexibility index (Phi) is 4.92. The number of aromatic nitrogens is 1. The molecule has 4 nitrogen and oxygen atoms in total. The first-order valence-electron chi connectivity index (χ1n) is 5.35. The van der Waals surface area contributed by atoms with Crippen LogP contribution in [0.1, 0.15) is 31.1 Å². The summed E-state index contributed by atoms with van der Waals surface area (Å²) in [5, 5.41) is 0. The van der Waals surface area contributed by atoms with E-state index in [9.17, 15) is 4.79 Å². The van der Waals surface area contributed by atoms with E-state index in [1.54, 1.807) is 12.1 Å². The molecule has 0 spiro atoms. The quantitative estimate of drug-likeness (QED) is 0.693. The maximum atomic E-state index is 11.0. The number of hydrogen-bond donors (Lipinski definition) is 0. The normalized spacial score (nSPS) is 12.2. The molecule has 1 aromatic rings. The van der Waals surface area contributed by atoms with Gasteiger partial charge in [-0.15, -0.1) is 0 Å². The number of hydrogen-bond acceptors (Lipinski definition) is 4. The van der Waals surface area contributed by atoms with Gasteiger partial charge in [0.2, 0.25) is 5.88 Å². The zero-order valence-electron chi connectivity index (χ0n) is 9.90. The molecule has 0 fully saturated rings. The van der Waals surface area contributed by atoms with Crippen LogP contribution in [0.15, 0.2) is 18.3 Å². The van der Waals surface area contributed by atoms with Crippen molar-refractivity contribution in [2.24, 2.45) is 0 Å². The van der Waals surface area contributed by atoms with Gasteiger partial charge in [-0.05, 0) is 26.8 Å². The number of ketones is 1. The SMILES string of the molecule is CCOCC(C)Oc1ccc(C(C)=O)cn1. The molecule has 0 aromatic carbocycles. The Morgan fingerprint density at radius 3 is 2.75 bits per heavy atom.